The van der Waals surface area contributed by atoms with Crippen molar-refractivity contribution < 1.29 is 4.21 Å². The summed E-state index contributed by atoms with van der Waals surface area (Å²) in [6, 6.07) is 0.403. The first-order chi connectivity index (χ1) is 7.38. The van der Waals surface area contributed by atoms with Crippen molar-refractivity contribution in [3.05, 3.63) is 0 Å². The van der Waals surface area contributed by atoms with Crippen molar-refractivity contribution in [1.82, 2.24) is 5.32 Å². The fourth-order valence-corrected chi connectivity index (χ4v) is 3.77. The molecule has 0 rings (SSSR count). The highest BCUT2D eigenvalue weighted by atomic mass is 32.2. The van der Waals surface area contributed by atoms with E-state index in [1.165, 1.54) is 0 Å². The minimum absolute atomic E-state index is 0.109. The molecule has 0 bridgehead atoms. The minimum Gasteiger partial charge on any atom is -0.313 e. The maximum Gasteiger partial charge on any atom is 0.0503 e. The molecule has 3 unspecified atom stereocenters. The summed E-state index contributed by atoms with van der Waals surface area (Å²) in [5.41, 5.74) is 0. The highest BCUT2D eigenvalue weighted by Gasteiger charge is 2.31. The van der Waals surface area contributed by atoms with Crippen LogP contribution in [0.25, 0.3) is 0 Å². The van der Waals surface area contributed by atoms with Crippen LogP contribution in [0.4, 0.5) is 0 Å². The number of rotatable bonds is 7. The van der Waals surface area contributed by atoms with Crippen LogP contribution in [0, 0.1) is 0 Å². The average Bonchev–Trinajstić information content (AvgIpc) is 2.18. The lowest BCUT2D eigenvalue weighted by molar-refractivity contribution is 0.453. The Bertz CT molecular complexity index is 204. The third-order valence-corrected chi connectivity index (χ3v) is 5.21. The SMILES string of the molecule is CCCC(NCC)C(CC)S(=O)C(C)(C)C. The van der Waals surface area contributed by atoms with Gasteiger partial charge in [-0.1, -0.05) is 27.2 Å². The Morgan fingerprint density at radius 2 is 1.75 bits per heavy atom. The third-order valence-electron chi connectivity index (χ3n) is 2.80. The van der Waals surface area contributed by atoms with Crippen LogP contribution < -0.4 is 5.32 Å². The van der Waals surface area contributed by atoms with Crippen molar-refractivity contribution in [2.45, 2.75) is 76.8 Å². The van der Waals surface area contributed by atoms with Gasteiger partial charge >= 0.3 is 0 Å². The highest BCUT2D eigenvalue weighted by molar-refractivity contribution is 7.87. The third kappa shape index (κ3) is 4.96. The zero-order valence-electron chi connectivity index (χ0n) is 11.8. The summed E-state index contributed by atoms with van der Waals surface area (Å²) >= 11 is 0. The molecule has 0 aliphatic rings. The number of hydrogen-bond donors (Lipinski definition) is 1. The van der Waals surface area contributed by atoms with Gasteiger partial charge in [-0.25, -0.2) is 0 Å². The van der Waals surface area contributed by atoms with E-state index in [1.54, 1.807) is 0 Å². The van der Waals surface area contributed by atoms with E-state index in [4.69, 9.17) is 0 Å². The second-order valence-electron chi connectivity index (χ2n) is 5.31. The molecule has 0 heterocycles. The van der Waals surface area contributed by atoms with E-state index in [-0.39, 0.29) is 10.00 Å². The lowest BCUT2D eigenvalue weighted by Crippen LogP contribution is -2.46. The normalized spacial score (nSPS) is 18.1. The molecule has 0 spiro atoms. The molecule has 0 saturated heterocycles. The van der Waals surface area contributed by atoms with Crippen LogP contribution in [0.1, 0.15) is 60.8 Å². The molecule has 0 aliphatic carbocycles. The molecule has 0 amide bonds. The molecule has 0 fully saturated rings. The molecule has 98 valence electrons. The molecule has 1 N–H and O–H groups in total. The van der Waals surface area contributed by atoms with Crippen molar-refractivity contribution in [1.29, 1.82) is 0 Å². The second kappa shape index (κ2) is 7.44. The van der Waals surface area contributed by atoms with Gasteiger partial charge in [-0.15, -0.1) is 0 Å². The molecule has 0 aliphatic heterocycles. The Labute approximate surface area is 104 Å². The molecule has 0 aromatic rings. The van der Waals surface area contributed by atoms with Gasteiger partial charge in [0.25, 0.3) is 0 Å². The summed E-state index contributed by atoms with van der Waals surface area (Å²) < 4.78 is 12.3. The lowest BCUT2D eigenvalue weighted by atomic mass is 10.1. The van der Waals surface area contributed by atoms with Gasteiger partial charge in [-0.2, -0.15) is 0 Å². The summed E-state index contributed by atoms with van der Waals surface area (Å²) in [5.74, 6) is 0. The van der Waals surface area contributed by atoms with Gasteiger partial charge in [0.2, 0.25) is 0 Å². The Kier molecular flexibility index (Phi) is 7.49. The predicted octanol–water partition coefficient (Wildman–Crippen LogP) is 3.09. The van der Waals surface area contributed by atoms with Gasteiger partial charge in [-0.3, -0.25) is 4.21 Å². The Morgan fingerprint density at radius 1 is 1.19 bits per heavy atom. The first-order valence-electron chi connectivity index (χ1n) is 6.52. The monoisotopic (exact) mass is 247 g/mol. The summed E-state index contributed by atoms with van der Waals surface area (Å²) in [5, 5.41) is 3.77. The summed E-state index contributed by atoms with van der Waals surface area (Å²) in [4.78, 5) is 0. The molecule has 2 nitrogen and oxygen atoms in total. The Balaban J connectivity index is 4.71. The standard InChI is InChI=1S/C13H29NOS/c1-7-10-11(14-9-3)12(8-2)16(15)13(4,5)6/h11-12,14H,7-10H2,1-6H3. The van der Waals surface area contributed by atoms with E-state index in [1.807, 2.05) is 0 Å². The van der Waals surface area contributed by atoms with E-state index in [9.17, 15) is 4.21 Å². The van der Waals surface area contributed by atoms with Gasteiger partial charge in [0.15, 0.2) is 0 Å². The molecule has 0 radical (unpaired) electrons. The molecule has 3 heteroatoms. The molecule has 3 atom stereocenters. The molecule has 0 aromatic heterocycles. The van der Waals surface area contributed by atoms with Crippen LogP contribution in [0.5, 0.6) is 0 Å². The van der Waals surface area contributed by atoms with Crippen LogP contribution in [-0.4, -0.2) is 26.8 Å². The average molecular weight is 247 g/mol. The van der Waals surface area contributed by atoms with Crippen molar-refractivity contribution >= 4 is 10.8 Å². The van der Waals surface area contributed by atoms with Crippen LogP contribution in [0.15, 0.2) is 0 Å². The Morgan fingerprint density at radius 3 is 2.06 bits per heavy atom. The lowest BCUT2D eigenvalue weighted by Gasteiger charge is -2.31. The Hall–Kier alpha value is 0.110. The molecule has 16 heavy (non-hydrogen) atoms. The van der Waals surface area contributed by atoms with E-state index >= 15 is 0 Å². The van der Waals surface area contributed by atoms with Gasteiger partial charge in [0, 0.05) is 21.6 Å². The highest BCUT2D eigenvalue weighted by Crippen LogP contribution is 2.22. The van der Waals surface area contributed by atoms with Gasteiger partial charge in [0.05, 0.1) is 5.25 Å². The first-order valence-corrected chi connectivity index (χ1v) is 7.73. The maximum absolute atomic E-state index is 12.5. The van der Waals surface area contributed by atoms with Gasteiger partial charge in [-0.05, 0) is 40.2 Å². The van der Waals surface area contributed by atoms with E-state index in [2.05, 4.69) is 46.9 Å². The van der Waals surface area contributed by atoms with E-state index in [0.717, 1.165) is 25.8 Å². The fraction of sp³-hybridized carbons (Fsp3) is 1.00. The van der Waals surface area contributed by atoms with Crippen molar-refractivity contribution in [2.24, 2.45) is 0 Å². The number of hydrogen-bond acceptors (Lipinski definition) is 2. The van der Waals surface area contributed by atoms with Crippen molar-refractivity contribution in [3.8, 4) is 0 Å². The predicted molar refractivity (Wildman–Crippen MR) is 74.3 cm³/mol. The first kappa shape index (κ1) is 16.1. The molecular formula is C13H29NOS. The fourth-order valence-electron chi connectivity index (χ4n) is 2.03. The molecule has 0 saturated carbocycles. The van der Waals surface area contributed by atoms with Crippen LogP contribution in [0.2, 0.25) is 0 Å². The quantitative estimate of drug-likeness (QED) is 0.749. The summed E-state index contributed by atoms with van der Waals surface area (Å²) in [6.07, 6.45) is 3.26. The minimum atomic E-state index is -0.771. The second-order valence-corrected chi connectivity index (χ2v) is 7.73. The van der Waals surface area contributed by atoms with Crippen LogP contribution in [-0.2, 0) is 10.8 Å². The largest absolute Gasteiger partial charge is 0.313 e. The zero-order valence-corrected chi connectivity index (χ0v) is 12.6. The smallest absolute Gasteiger partial charge is 0.0503 e. The summed E-state index contributed by atoms with van der Waals surface area (Å²) in [6.45, 7) is 13.6. The maximum atomic E-state index is 12.5. The van der Waals surface area contributed by atoms with Crippen LogP contribution >= 0.6 is 0 Å². The molecule has 0 aromatic carbocycles. The van der Waals surface area contributed by atoms with E-state index in [0.29, 0.717) is 6.04 Å². The van der Waals surface area contributed by atoms with Crippen molar-refractivity contribution in [3.63, 3.8) is 0 Å². The molecular weight excluding hydrogens is 218 g/mol. The van der Waals surface area contributed by atoms with Crippen molar-refractivity contribution in [2.75, 3.05) is 6.54 Å². The number of nitrogens with one attached hydrogen (secondary N) is 1. The van der Waals surface area contributed by atoms with Crippen LogP contribution in [0.3, 0.4) is 0 Å². The van der Waals surface area contributed by atoms with E-state index < -0.39 is 10.8 Å². The topological polar surface area (TPSA) is 29.1 Å². The van der Waals surface area contributed by atoms with Gasteiger partial charge < -0.3 is 5.32 Å². The summed E-state index contributed by atoms with van der Waals surface area (Å²) in [7, 11) is -0.771. The zero-order chi connectivity index (χ0) is 12.8. The van der Waals surface area contributed by atoms with Gasteiger partial charge in [0.1, 0.15) is 0 Å².